The Balaban J connectivity index is 2.82. The maximum atomic E-state index is 10.5. The summed E-state index contributed by atoms with van der Waals surface area (Å²) in [5.74, 6) is 1.78. The first-order valence-electron chi connectivity index (χ1n) is 6.51. The third-order valence-corrected chi connectivity index (χ3v) is 2.23. The number of nitrogens with two attached hydrogens (primary N) is 1. The molecule has 0 atom stereocenters. The third-order valence-electron chi connectivity index (χ3n) is 2.23. The van der Waals surface area contributed by atoms with Crippen LogP contribution in [0.2, 0.25) is 0 Å². The molecule has 1 rings (SSSR count). The van der Waals surface area contributed by atoms with E-state index >= 15 is 0 Å². The fourth-order valence-electron chi connectivity index (χ4n) is 1.42. The number of hydrogen-bond donors (Lipinski definition) is 2. The molecule has 0 fully saturated rings. The van der Waals surface area contributed by atoms with E-state index in [9.17, 15) is 4.79 Å². The van der Waals surface area contributed by atoms with Gasteiger partial charge in [-0.25, -0.2) is 10.2 Å². The first-order valence-corrected chi connectivity index (χ1v) is 6.51. The second kappa shape index (κ2) is 8.04. The van der Waals surface area contributed by atoms with Gasteiger partial charge in [0.2, 0.25) is 0 Å². The molecule has 0 heterocycles. The number of hydrogen-bond acceptors (Lipinski definition) is 4. The van der Waals surface area contributed by atoms with E-state index in [4.69, 9.17) is 15.2 Å². The van der Waals surface area contributed by atoms with Crippen molar-refractivity contribution in [2.75, 3.05) is 13.2 Å². The lowest BCUT2D eigenvalue weighted by Crippen LogP contribution is -2.24. The Hall–Kier alpha value is -2.24. The lowest BCUT2D eigenvalue weighted by molar-refractivity contribution is 0.248. The van der Waals surface area contributed by atoms with E-state index in [1.807, 2.05) is 19.1 Å². The summed E-state index contributed by atoms with van der Waals surface area (Å²) < 4.78 is 11.2. The van der Waals surface area contributed by atoms with E-state index in [0.29, 0.717) is 30.6 Å². The number of benzene rings is 1. The summed E-state index contributed by atoms with van der Waals surface area (Å²) in [4.78, 5) is 10.5. The Bertz CT molecular complexity index is 473. The minimum absolute atomic E-state index is 0.436. The number of nitrogens with zero attached hydrogens (tertiary/aromatic N) is 1. The lowest BCUT2D eigenvalue weighted by atomic mass is 10.2. The molecular formula is C14H21N3O3. The van der Waals surface area contributed by atoms with Crippen LogP contribution in [0.15, 0.2) is 23.3 Å². The highest BCUT2D eigenvalue weighted by atomic mass is 16.5. The number of carbonyl (C=O) groups is 1. The van der Waals surface area contributed by atoms with Gasteiger partial charge in [0.15, 0.2) is 11.5 Å². The van der Waals surface area contributed by atoms with Gasteiger partial charge in [-0.3, -0.25) is 0 Å². The topological polar surface area (TPSA) is 85.9 Å². The van der Waals surface area contributed by atoms with E-state index < -0.39 is 6.03 Å². The smallest absolute Gasteiger partial charge is 0.332 e. The molecule has 0 aliphatic heterocycles. The molecule has 0 spiro atoms. The van der Waals surface area contributed by atoms with Crippen molar-refractivity contribution >= 4 is 12.2 Å². The number of carbonyl (C=O) groups excluding carboxylic acids is 1. The zero-order valence-electron chi connectivity index (χ0n) is 12.1. The number of nitrogens with one attached hydrogen (secondary N) is 1. The van der Waals surface area contributed by atoms with Crippen LogP contribution in [0.1, 0.15) is 26.3 Å². The number of urea groups is 1. The van der Waals surface area contributed by atoms with Crippen molar-refractivity contribution < 1.29 is 14.3 Å². The van der Waals surface area contributed by atoms with Gasteiger partial charge in [0.05, 0.1) is 19.4 Å². The van der Waals surface area contributed by atoms with Gasteiger partial charge < -0.3 is 15.2 Å². The van der Waals surface area contributed by atoms with E-state index in [1.54, 1.807) is 6.07 Å². The molecule has 0 radical (unpaired) electrons. The summed E-state index contributed by atoms with van der Waals surface area (Å²) >= 11 is 0. The molecule has 0 aromatic heterocycles. The van der Waals surface area contributed by atoms with Gasteiger partial charge in [-0.2, -0.15) is 5.10 Å². The van der Waals surface area contributed by atoms with Gasteiger partial charge in [0.25, 0.3) is 0 Å². The largest absolute Gasteiger partial charge is 0.490 e. The van der Waals surface area contributed by atoms with E-state index in [-0.39, 0.29) is 0 Å². The Morgan fingerprint density at radius 3 is 2.75 bits per heavy atom. The van der Waals surface area contributed by atoms with Gasteiger partial charge in [-0.15, -0.1) is 0 Å². The maximum absolute atomic E-state index is 10.5. The Labute approximate surface area is 118 Å². The molecule has 1 aromatic rings. The minimum atomic E-state index is -0.705. The van der Waals surface area contributed by atoms with Crippen LogP contribution in [0.5, 0.6) is 11.5 Å². The molecule has 20 heavy (non-hydrogen) atoms. The first kappa shape index (κ1) is 15.8. The zero-order chi connectivity index (χ0) is 15.0. The molecule has 110 valence electrons. The van der Waals surface area contributed by atoms with Crippen molar-refractivity contribution in [2.24, 2.45) is 16.8 Å². The van der Waals surface area contributed by atoms with Crippen molar-refractivity contribution in [3.05, 3.63) is 23.8 Å². The van der Waals surface area contributed by atoms with Crippen molar-refractivity contribution in [1.29, 1.82) is 0 Å². The molecule has 0 saturated carbocycles. The van der Waals surface area contributed by atoms with Crippen LogP contribution in [-0.4, -0.2) is 25.5 Å². The molecule has 6 nitrogen and oxygen atoms in total. The average Bonchev–Trinajstić information content (AvgIpc) is 2.37. The minimum Gasteiger partial charge on any atom is -0.490 e. The summed E-state index contributed by atoms with van der Waals surface area (Å²) in [5.41, 5.74) is 7.83. The molecule has 3 N–H and O–H groups in total. The summed E-state index contributed by atoms with van der Waals surface area (Å²) in [5, 5.41) is 3.70. The van der Waals surface area contributed by atoms with Gasteiger partial charge in [0.1, 0.15) is 0 Å². The standard InChI is InChI=1S/C14H21N3O3/c1-4-19-13-7-11(8-16-17-14(15)18)5-6-12(13)20-9-10(2)3/h5-8,10H,4,9H2,1-3H3,(H3,15,17,18)/b16-8-. The van der Waals surface area contributed by atoms with Crippen LogP contribution in [0.25, 0.3) is 0 Å². The Kier molecular flexibility index (Phi) is 6.36. The Morgan fingerprint density at radius 2 is 2.15 bits per heavy atom. The number of primary amides is 1. The molecule has 0 saturated heterocycles. The summed E-state index contributed by atoms with van der Waals surface area (Å²) in [6.45, 7) is 7.23. The highest BCUT2D eigenvalue weighted by Crippen LogP contribution is 2.28. The number of amides is 2. The highest BCUT2D eigenvalue weighted by molar-refractivity contribution is 5.82. The van der Waals surface area contributed by atoms with Crippen molar-refractivity contribution in [3.8, 4) is 11.5 Å². The second-order valence-corrected chi connectivity index (χ2v) is 4.58. The summed E-state index contributed by atoms with van der Waals surface area (Å²) in [6.07, 6.45) is 1.49. The number of rotatable bonds is 7. The first-order chi connectivity index (χ1) is 9.52. The average molecular weight is 279 g/mol. The van der Waals surface area contributed by atoms with Crippen molar-refractivity contribution in [3.63, 3.8) is 0 Å². The predicted molar refractivity (Wildman–Crippen MR) is 78.3 cm³/mol. The van der Waals surface area contributed by atoms with Crippen molar-refractivity contribution in [2.45, 2.75) is 20.8 Å². The third kappa shape index (κ3) is 5.60. The van der Waals surface area contributed by atoms with Gasteiger partial charge in [0, 0.05) is 0 Å². The van der Waals surface area contributed by atoms with Crippen LogP contribution >= 0.6 is 0 Å². The summed E-state index contributed by atoms with van der Waals surface area (Å²) in [6, 6.07) is 4.73. The van der Waals surface area contributed by atoms with Crippen LogP contribution in [0, 0.1) is 5.92 Å². The van der Waals surface area contributed by atoms with Gasteiger partial charge in [-0.1, -0.05) is 13.8 Å². The molecule has 2 amide bonds. The van der Waals surface area contributed by atoms with E-state index in [2.05, 4.69) is 24.4 Å². The molecule has 0 unspecified atom stereocenters. The van der Waals surface area contributed by atoms with Crippen LogP contribution in [-0.2, 0) is 0 Å². The molecule has 0 aliphatic rings. The van der Waals surface area contributed by atoms with Crippen molar-refractivity contribution in [1.82, 2.24) is 5.43 Å². The zero-order valence-corrected chi connectivity index (χ0v) is 12.1. The molecular weight excluding hydrogens is 258 g/mol. The maximum Gasteiger partial charge on any atom is 0.332 e. The van der Waals surface area contributed by atoms with Gasteiger partial charge in [-0.05, 0) is 36.6 Å². The van der Waals surface area contributed by atoms with Crippen LogP contribution in [0.3, 0.4) is 0 Å². The molecule has 0 aliphatic carbocycles. The Morgan fingerprint density at radius 1 is 1.40 bits per heavy atom. The fourth-order valence-corrected chi connectivity index (χ4v) is 1.42. The molecule has 6 heteroatoms. The number of ether oxygens (including phenoxy) is 2. The van der Waals surface area contributed by atoms with E-state index in [0.717, 1.165) is 5.56 Å². The lowest BCUT2D eigenvalue weighted by Gasteiger charge is -2.13. The summed E-state index contributed by atoms with van der Waals surface area (Å²) in [7, 11) is 0. The SMILES string of the molecule is CCOc1cc(/C=N\NC(N)=O)ccc1OCC(C)C. The van der Waals surface area contributed by atoms with Crippen LogP contribution < -0.4 is 20.6 Å². The fraction of sp³-hybridized carbons (Fsp3) is 0.429. The van der Waals surface area contributed by atoms with Crippen LogP contribution in [0.4, 0.5) is 4.79 Å². The monoisotopic (exact) mass is 279 g/mol. The molecule has 0 bridgehead atoms. The highest BCUT2D eigenvalue weighted by Gasteiger charge is 2.06. The van der Waals surface area contributed by atoms with E-state index in [1.165, 1.54) is 6.21 Å². The second-order valence-electron chi connectivity index (χ2n) is 4.58. The molecule has 1 aromatic carbocycles. The predicted octanol–water partition coefficient (Wildman–Crippen LogP) is 2.12. The number of hydrazone groups is 1. The van der Waals surface area contributed by atoms with Gasteiger partial charge >= 0.3 is 6.03 Å². The normalized spacial score (nSPS) is 10.8. The quantitative estimate of drug-likeness (QED) is 0.592.